The Bertz CT molecular complexity index is 854. The van der Waals surface area contributed by atoms with Crippen LogP contribution in [0.1, 0.15) is 22.3 Å². The molecule has 0 aliphatic heterocycles. The van der Waals surface area contributed by atoms with Gasteiger partial charge in [-0.3, -0.25) is 15.0 Å². The lowest BCUT2D eigenvalue weighted by Crippen LogP contribution is -1.77. The van der Waals surface area contributed by atoms with Crippen molar-refractivity contribution in [1.82, 2.24) is 24.9 Å². The molecule has 0 unspecified atom stereocenters. The van der Waals surface area contributed by atoms with Gasteiger partial charge in [-0.1, -0.05) is 17.7 Å². The van der Waals surface area contributed by atoms with E-state index in [0.717, 1.165) is 16.7 Å². The fourth-order valence-electron chi connectivity index (χ4n) is 1.86. The SMILES string of the molecule is Cc1cccnc1.Cc1cncc(Cl)c1.Cc1cncc(F)c1.Cc1cncnc1. The normalized spacial score (nSPS) is 9.00. The molecular weight excluding hydrogens is 401 g/mol. The van der Waals surface area contributed by atoms with Gasteiger partial charge in [0, 0.05) is 43.4 Å². The van der Waals surface area contributed by atoms with Crippen molar-refractivity contribution in [3.63, 3.8) is 0 Å². The molecule has 0 radical (unpaired) electrons. The minimum Gasteiger partial charge on any atom is -0.264 e. The van der Waals surface area contributed by atoms with Gasteiger partial charge in [0.15, 0.2) is 0 Å². The first-order valence-electron chi connectivity index (χ1n) is 9.09. The van der Waals surface area contributed by atoms with Crippen LogP contribution in [0.3, 0.4) is 0 Å². The van der Waals surface area contributed by atoms with Crippen LogP contribution in [0.4, 0.5) is 4.39 Å². The van der Waals surface area contributed by atoms with Crippen LogP contribution < -0.4 is 0 Å². The Morgan fingerprint density at radius 2 is 1.20 bits per heavy atom. The highest BCUT2D eigenvalue weighted by Gasteiger charge is 1.86. The smallest absolute Gasteiger partial charge is 0.141 e. The van der Waals surface area contributed by atoms with Gasteiger partial charge in [-0.25, -0.2) is 14.4 Å². The zero-order chi connectivity index (χ0) is 22.2. The Balaban J connectivity index is 0.000000200. The highest BCUT2D eigenvalue weighted by atomic mass is 35.5. The van der Waals surface area contributed by atoms with Gasteiger partial charge in [-0.2, -0.15) is 0 Å². The molecular formula is C23H25ClFN5. The maximum Gasteiger partial charge on any atom is 0.141 e. The topological polar surface area (TPSA) is 64.5 Å². The van der Waals surface area contributed by atoms with E-state index in [9.17, 15) is 4.39 Å². The molecule has 7 heteroatoms. The van der Waals surface area contributed by atoms with E-state index in [4.69, 9.17) is 11.6 Å². The fourth-order valence-corrected chi connectivity index (χ4v) is 2.09. The van der Waals surface area contributed by atoms with Crippen LogP contribution in [-0.4, -0.2) is 24.9 Å². The van der Waals surface area contributed by atoms with E-state index in [2.05, 4.69) is 24.9 Å². The van der Waals surface area contributed by atoms with Crippen molar-refractivity contribution in [2.24, 2.45) is 0 Å². The van der Waals surface area contributed by atoms with Gasteiger partial charge in [0.1, 0.15) is 12.1 Å². The Morgan fingerprint density at radius 3 is 1.50 bits per heavy atom. The van der Waals surface area contributed by atoms with Crippen molar-refractivity contribution in [2.45, 2.75) is 27.7 Å². The molecule has 0 saturated carbocycles. The van der Waals surface area contributed by atoms with Crippen LogP contribution in [-0.2, 0) is 0 Å². The standard InChI is InChI=1S/C6H6ClN.C6H6FN.C6H7N.C5H6N2/c2*1-5-2-6(7)4-8-3-5;1-6-3-2-4-7-5-6;1-5-2-6-4-7-3-5/h2*2-4H,1H3;2-5H,1H3;2-4H,1H3. The molecule has 0 saturated heterocycles. The lowest BCUT2D eigenvalue weighted by atomic mass is 10.3. The number of halogens is 2. The third-order valence-electron chi connectivity index (χ3n) is 3.18. The molecule has 4 rings (SSSR count). The predicted octanol–water partition coefficient (Wildman–Crippen LogP) is 5.75. The van der Waals surface area contributed by atoms with Gasteiger partial charge < -0.3 is 0 Å². The minimum absolute atomic E-state index is 0.273. The lowest BCUT2D eigenvalue weighted by Gasteiger charge is -1.88. The van der Waals surface area contributed by atoms with Gasteiger partial charge in [-0.15, -0.1) is 0 Å². The summed E-state index contributed by atoms with van der Waals surface area (Å²) in [6.45, 7) is 7.74. The number of hydrogen-bond donors (Lipinski definition) is 0. The molecule has 0 amide bonds. The first-order chi connectivity index (χ1) is 14.4. The zero-order valence-electron chi connectivity index (χ0n) is 17.5. The summed E-state index contributed by atoms with van der Waals surface area (Å²) in [5.41, 5.74) is 4.26. The van der Waals surface area contributed by atoms with Crippen LogP contribution >= 0.6 is 11.6 Å². The maximum absolute atomic E-state index is 12.1. The average Bonchev–Trinajstić information content (AvgIpc) is 2.70. The Hall–Kier alpha value is -3.25. The number of hydrogen-bond acceptors (Lipinski definition) is 5. The van der Waals surface area contributed by atoms with Crippen LogP contribution in [0.2, 0.25) is 5.02 Å². The van der Waals surface area contributed by atoms with Gasteiger partial charge in [-0.05, 0) is 68.1 Å². The molecule has 5 nitrogen and oxygen atoms in total. The molecule has 0 atom stereocenters. The molecule has 0 fully saturated rings. The molecule has 0 aliphatic rings. The van der Waals surface area contributed by atoms with Crippen LogP contribution in [0.25, 0.3) is 0 Å². The maximum atomic E-state index is 12.1. The molecule has 4 heterocycles. The Labute approximate surface area is 182 Å². The molecule has 156 valence electrons. The van der Waals surface area contributed by atoms with E-state index in [0.29, 0.717) is 5.02 Å². The molecule has 0 aromatic carbocycles. The number of rotatable bonds is 0. The van der Waals surface area contributed by atoms with E-state index < -0.39 is 0 Å². The second kappa shape index (κ2) is 14.7. The first-order valence-corrected chi connectivity index (χ1v) is 9.47. The summed E-state index contributed by atoms with van der Waals surface area (Å²) in [4.78, 5) is 18.9. The summed E-state index contributed by atoms with van der Waals surface area (Å²) in [6.07, 6.45) is 14.9. The first kappa shape index (κ1) is 24.8. The Morgan fingerprint density at radius 1 is 0.633 bits per heavy atom. The van der Waals surface area contributed by atoms with E-state index in [-0.39, 0.29) is 5.82 Å². The molecule has 0 aliphatic carbocycles. The second-order valence-corrected chi connectivity index (χ2v) is 6.74. The average molecular weight is 426 g/mol. The van der Waals surface area contributed by atoms with E-state index in [1.165, 1.54) is 24.2 Å². The summed E-state index contributed by atoms with van der Waals surface area (Å²) in [5, 5.41) is 0.699. The monoisotopic (exact) mass is 425 g/mol. The Kier molecular flexibility index (Phi) is 12.2. The molecule has 0 spiro atoms. The van der Waals surface area contributed by atoms with Gasteiger partial charge >= 0.3 is 0 Å². The van der Waals surface area contributed by atoms with Crippen molar-refractivity contribution in [3.8, 4) is 0 Å². The number of pyridine rings is 3. The van der Waals surface area contributed by atoms with Crippen molar-refractivity contribution in [1.29, 1.82) is 0 Å². The molecule has 4 aromatic heterocycles. The van der Waals surface area contributed by atoms with Gasteiger partial charge in [0.05, 0.1) is 11.2 Å². The lowest BCUT2D eigenvalue weighted by molar-refractivity contribution is 0.620. The summed E-state index contributed by atoms with van der Waals surface area (Å²) >= 11 is 5.58. The van der Waals surface area contributed by atoms with Crippen molar-refractivity contribution < 1.29 is 4.39 Å². The van der Waals surface area contributed by atoms with Crippen molar-refractivity contribution >= 4 is 11.6 Å². The van der Waals surface area contributed by atoms with Crippen LogP contribution in [0.5, 0.6) is 0 Å². The van der Waals surface area contributed by atoms with Crippen LogP contribution in [0.15, 0.2) is 80.2 Å². The number of aryl methyl sites for hydroxylation is 4. The van der Waals surface area contributed by atoms with E-state index >= 15 is 0 Å². The summed E-state index contributed by atoms with van der Waals surface area (Å²) in [5.74, 6) is -0.273. The van der Waals surface area contributed by atoms with Gasteiger partial charge in [0.2, 0.25) is 0 Å². The van der Waals surface area contributed by atoms with E-state index in [1.807, 2.05) is 45.2 Å². The van der Waals surface area contributed by atoms with Crippen molar-refractivity contribution in [3.05, 3.63) is 113 Å². The van der Waals surface area contributed by atoms with E-state index in [1.54, 1.807) is 44.1 Å². The summed E-state index contributed by atoms with van der Waals surface area (Å²) < 4.78 is 12.1. The third-order valence-corrected chi connectivity index (χ3v) is 3.39. The summed E-state index contributed by atoms with van der Waals surface area (Å²) in [7, 11) is 0. The quantitative estimate of drug-likeness (QED) is 0.359. The van der Waals surface area contributed by atoms with Crippen LogP contribution in [0, 0.1) is 33.5 Å². The molecule has 4 aromatic rings. The summed E-state index contributed by atoms with van der Waals surface area (Å²) in [6, 6.07) is 7.25. The fraction of sp³-hybridized carbons (Fsp3) is 0.174. The van der Waals surface area contributed by atoms with Crippen molar-refractivity contribution in [2.75, 3.05) is 0 Å². The third kappa shape index (κ3) is 13.0. The van der Waals surface area contributed by atoms with Gasteiger partial charge in [0.25, 0.3) is 0 Å². The second-order valence-electron chi connectivity index (χ2n) is 6.31. The largest absolute Gasteiger partial charge is 0.264 e. The highest BCUT2D eigenvalue weighted by molar-refractivity contribution is 6.30. The number of aromatic nitrogens is 5. The highest BCUT2D eigenvalue weighted by Crippen LogP contribution is 2.06. The predicted molar refractivity (Wildman–Crippen MR) is 119 cm³/mol. The molecule has 30 heavy (non-hydrogen) atoms. The molecule has 0 bridgehead atoms. The number of nitrogens with zero attached hydrogens (tertiary/aromatic N) is 5. The minimum atomic E-state index is -0.273. The zero-order valence-corrected chi connectivity index (χ0v) is 18.3. The molecule has 0 N–H and O–H groups in total.